The molecule has 1 unspecified atom stereocenters. The fourth-order valence-electron chi connectivity index (χ4n) is 3.76. The second-order valence-corrected chi connectivity index (χ2v) is 6.42. The third-order valence-electron chi connectivity index (χ3n) is 4.94. The van der Waals surface area contributed by atoms with Crippen LogP contribution in [0.15, 0.2) is 48.7 Å². The molecule has 1 saturated heterocycles. The van der Waals surface area contributed by atoms with Gasteiger partial charge < -0.3 is 9.80 Å². The Balaban J connectivity index is 1.65. The van der Waals surface area contributed by atoms with Gasteiger partial charge in [0.25, 0.3) is 0 Å². The molecule has 5 rings (SSSR count). The fraction of sp³-hybridized carbons (Fsp3) is 0.222. The minimum absolute atomic E-state index is 0.00878. The monoisotopic (exact) mass is 357 g/mol. The number of aromatic nitrogens is 3. The normalized spacial score (nSPS) is 19.3. The number of nitrogens with zero attached hydrogens (tertiary/aromatic N) is 5. The van der Waals surface area contributed by atoms with Crippen molar-refractivity contribution in [3.05, 3.63) is 71.7 Å². The zero-order valence-electron chi connectivity index (χ0n) is 13.6. The van der Waals surface area contributed by atoms with Gasteiger partial charge in [0.1, 0.15) is 12.5 Å². The lowest BCUT2D eigenvalue weighted by Gasteiger charge is -2.32. The molecule has 3 aromatic rings. The van der Waals surface area contributed by atoms with Crippen LogP contribution in [0.25, 0.3) is 5.65 Å². The maximum Gasteiger partial charge on any atom is 0.196 e. The minimum Gasteiger partial charge on any atom is -0.349 e. The first-order chi connectivity index (χ1) is 12.6. The van der Waals surface area contributed by atoms with Gasteiger partial charge in [-0.15, -0.1) is 0 Å². The van der Waals surface area contributed by atoms with Gasteiger partial charge in [-0.05, 0) is 37.1 Å². The first kappa shape index (κ1) is 15.2. The van der Waals surface area contributed by atoms with Crippen molar-refractivity contribution < 1.29 is 13.2 Å². The van der Waals surface area contributed by atoms with Gasteiger partial charge in [-0.25, -0.2) is 22.7 Å². The Labute approximate surface area is 147 Å². The Morgan fingerprint density at radius 1 is 1.04 bits per heavy atom. The molecule has 8 heteroatoms. The molecular weight excluding hydrogens is 343 g/mol. The molecule has 5 nitrogen and oxygen atoms in total. The highest BCUT2D eigenvalue weighted by Crippen LogP contribution is 2.43. The lowest BCUT2D eigenvalue weighted by atomic mass is 10.1. The summed E-state index contributed by atoms with van der Waals surface area (Å²) < 4.78 is 43.2. The summed E-state index contributed by atoms with van der Waals surface area (Å²) in [5, 5.41) is 4.15. The second kappa shape index (κ2) is 5.48. The van der Waals surface area contributed by atoms with Crippen LogP contribution in [0.3, 0.4) is 0 Å². The van der Waals surface area contributed by atoms with Gasteiger partial charge >= 0.3 is 0 Å². The highest BCUT2D eigenvalue weighted by molar-refractivity contribution is 5.56. The molecule has 26 heavy (non-hydrogen) atoms. The number of halogens is 3. The molecule has 0 N–H and O–H groups in total. The van der Waals surface area contributed by atoms with E-state index in [1.165, 1.54) is 12.4 Å². The summed E-state index contributed by atoms with van der Waals surface area (Å²) in [7, 11) is 0. The zero-order valence-corrected chi connectivity index (χ0v) is 13.6. The summed E-state index contributed by atoms with van der Waals surface area (Å²) in [5.74, 6) is -3.84. The molecule has 0 amide bonds. The largest absolute Gasteiger partial charge is 0.349 e. The molecule has 0 bridgehead atoms. The molecular formula is C18H14F3N5. The van der Waals surface area contributed by atoms with Crippen molar-refractivity contribution in [2.75, 3.05) is 11.4 Å². The van der Waals surface area contributed by atoms with E-state index in [-0.39, 0.29) is 11.9 Å². The van der Waals surface area contributed by atoms with Gasteiger partial charge in [0.05, 0.1) is 5.69 Å². The number of hydrogen-bond donors (Lipinski definition) is 0. The molecule has 1 atom stereocenters. The standard InChI is InChI=1S/C18H14F3N5/c19-13-4-5-14(17(21)16(13)20)25-9-12-2-1-7-24(12)18(25)11-3-6-15-22-10-23-26(15)8-11/h3-6,8-10,18H,1-2,7H2. The van der Waals surface area contributed by atoms with E-state index in [2.05, 4.69) is 15.0 Å². The van der Waals surface area contributed by atoms with Gasteiger partial charge in [-0.3, -0.25) is 0 Å². The topological polar surface area (TPSA) is 36.7 Å². The van der Waals surface area contributed by atoms with Gasteiger partial charge in [-0.1, -0.05) is 0 Å². The Kier molecular flexibility index (Phi) is 3.22. The van der Waals surface area contributed by atoms with E-state index in [0.29, 0.717) is 5.65 Å². The van der Waals surface area contributed by atoms with Crippen LogP contribution in [0, 0.1) is 17.5 Å². The highest BCUT2D eigenvalue weighted by Gasteiger charge is 2.38. The number of fused-ring (bicyclic) bond motifs is 2. The van der Waals surface area contributed by atoms with Crippen LogP contribution in [0.5, 0.6) is 0 Å². The van der Waals surface area contributed by atoms with Crippen LogP contribution in [0.1, 0.15) is 24.6 Å². The highest BCUT2D eigenvalue weighted by atomic mass is 19.2. The van der Waals surface area contributed by atoms with Crippen molar-refractivity contribution >= 4 is 11.3 Å². The van der Waals surface area contributed by atoms with E-state index >= 15 is 0 Å². The van der Waals surface area contributed by atoms with Crippen molar-refractivity contribution in [3.63, 3.8) is 0 Å². The summed E-state index contributed by atoms with van der Waals surface area (Å²) in [4.78, 5) is 7.93. The molecule has 0 saturated carbocycles. The van der Waals surface area contributed by atoms with Crippen LogP contribution < -0.4 is 4.90 Å². The SMILES string of the molecule is Fc1ccc(N2C=C3CCCN3C2c2ccc3ncnn3c2)c(F)c1F. The number of rotatable bonds is 2. The van der Waals surface area contributed by atoms with E-state index in [4.69, 9.17) is 0 Å². The summed E-state index contributed by atoms with van der Waals surface area (Å²) in [5.41, 5.74) is 2.62. The first-order valence-corrected chi connectivity index (χ1v) is 8.32. The minimum atomic E-state index is -1.46. The molecule has 0 spiro atoms. The Morgan fingerprint density at radius 2 is 1.92 bits per heavy atom. The first-order valence-electron chi connectivity index (χ1n) is 8.32. The summed E-state index contributed by atoms with van der Waals surface area (Å²) in [6.07, 6.45) is 6.62. The average Bonchev–Trinajstić information content (AvgIpc) is 3.34. The Morgan fingerprint density at radius 3 is 2.81 bits per heavy atom. The average molecular weight is 357 g/mol. The van der Waals surface area contributed by atoms with E-state index in [1.54, 1.807) is 9.42 Å². The van der Waals surface area contributed by atoms with E-state index < -0.39 is 17.5 Å². The predicted octanol–water partition coefficient (Wildman–Crippen LogP) is 3.60. The number of hydrogen-bond acceptors (Lipinski definition) is 4. The quantitative estimate of drug-likeness (QED) is 0.657. The summed E-state index contributed by atoms with van der Waals surface area (Å²) in [6.45, 7) is 0.813. The maximum atomic E-state index is 14.5. The maximum absolute atomic E-state index is 14.5. The van der Waals surface area contributed by atoms with Crippen molar-refractivity contribution in [1.82, 2.24) is 19.5 Å². The molecule has 2 aliphatic rings. The molecule has 1 aromatic carbocycles. The second-order valence-electron chi connectivity index (χ2n) is 6.42. The van der Waals surface area contributed by atoms with E-state index in [9.17, 15) is 13.2 Å². The van der Waals surface area contributed by atoms with Gasteiger partial charge in [0, 0.05) is 30.2 Å². The van der Waals surface area contributed by atoms with Crippen LogP contribution in [-0.2, 0) is 0 Å². The lowest BCUT2D eigenvalue weighted by molar-refractivity contribution is 0.316. The smallest absolute Gasteiger partial charge is 0.196 e. The number of allylic oxidation sites excluding steroid dienone is 1. The Hall–Kier alpha value is -3.03. The van der Waals surface area contributed by atoms with Crippen LogP contribution in [0.4, 0.5) is 18.9 Å². The molecule has 2 aromatic heterocycles. The third-order valence-corrected chi connectivity index (χ3v) is 4.94. The molecule has 1 fully saturated rings. The van der Waals surface area contributed by atoms with Crippen LogP contribution >= 0.6 is 0 Å². The third kappa shape index (κ3) is 2.11. The molecule has 2 aliphatic heterocycles. The predicted molar refractivity (Wildman–Crippen MR) is 88.5 cm³/mol. The van der Waals surface area contributed by atoms with Crippen molar-refractivity contribution in [2.45, 2.75) is 19.0 Å². The molecule has 0 aliphatic carbocycles. The fourth-order valence-corrected chi connectivity index (χ4v) is 3.76. The number of benzene rings is 1. The summed E-state index contributed by atoms with van der Waals surface area (Å²) in [6, 6.07) is 5.95. The lowest BCUT2D eigenvalue weighted by Crippen LogP contribution is -2.31. The van der Waals surface area contributed by atoms with Gasteiger partial charge in [-0.2, -0.15) is 5.10 Å². The zero-order chi connectivity index (χ0) is 17.8. The Bertz CT molecular complexity index is 1040. The van der Waals surface area contributed by atoms with Crippen LogP contribution in [0.2, 0.25) is 0 Å². The number of pyridine rings is 1. The van der Waals surface area contributed by atoms with Gasteiger partial charge in [0.15, 0.2) is 23.1 Å². The van der Waals surface area contributed by atoms with E-state index in [1.807, 2.05) is 24.5 Å². The number of anilines is 1. The van der Waals surface area contributed by atoms with Crippen LogP contribution in [-0.4, -0.2) is 26.0 Å². The molecule has 132 valence electrons. The van der Waals surface area contributed by atoms with E-state index in [0.717, 1.165) is 36.7 Å². The van der Waals surface area contributed by atoms with Crippen molar-refractivity contribution in [2.24, 2.45) is 0 Å². The van der Waals surface area contributed by atoms with Crippen molar-refractivity contribution in [3.8, 4) is 0 Å². The molecule has 4 heterocycles. The van der Waals surface area contributed by atoms with Gasteiger partial charge in [0.2, 0.25) is 0 Å². The summed E-state index contributed by atoms with van der Waals surface area (Å²) >= 11 is 0. The molecule has 0 radical (unpaired) electrons. The van der Waals surface area contributed by atoms with Crippen molar-refractivity contribution in [1.29, 1.82) is 0 Å².